The lowest BCUT2D eigenvalue weighted by Gasteiger charge is -2.22. The first-order valence-corrected chi connectivity index (χ1v) is 7.70. The first-order chi connectivity index (χ1) is 10.5. The van der Waals surface area contributed by atoms with Crippen LogP contribution in [0.1, 0.15) is 27.9 Å². The molecule has 1 atom stereocenters. The summed E-state index contributed by atoms with van der Waals surface area (Å²) in [6.45, 7) is 3.69. The number of hydrogen-bond donors (Lipinski definition) is 3. The van der Waals surface area contributed by atoms with Gasteiger partial charge >= 0.3 is 0 Å². The smallest absolute Gasteiger partial charge is 0.252 e. The molecule has 3 aromatic heterocycles. The SMILES string of the molecule is Cc1[nH]nc2ncc(C(=O)NCC(C)(O)c3cccs3)cc12. The molecule has 114 valence electrons. The average Bonchev–Trinajstić information content (AvgIpc) is 3.15. The molecule has 0 aliphatic carbocycles. The van der Waals surface area contributed by atoms with Crippen molar-refractivity contribution in [3.05, 3.63) is 45.9 Å². The van der Waals surface area contributed by atoms with Crippen LogP contribution < -0.4 is 5.32 Å². The van der Waals surface area contributed by atoms with E-state index in [4.69, 9.17) is 0 Å². The number of H-pyrrole nitrogens is 1. The van der Waals surface area contributed by atoms with Gasteiger partial charge in [-0.15, -0.1) is 11.3 Å². The van der Waals surface area contributed by atoms with E-state index in [1.54, 1.807) is 13.0 Å². The van der Waals surface area contributed by atoms with Crippen molar-refractivity contribution in [2.24, 2.45) is 0 Å². The Balaban J connectivity index is 1.74. The van der Waals surface area contributed by atoms with Crippen LogP contribution in [0.5, 0.6) is 0 Å². The van der Waals surface area contributed by atoms with Crippen LogP contribution in [0, 0.1) is 6.92 Å². The van der Waals surface area contributed by atoms with Crippen LogP contribution in [0.2, 0.25) is 0 Å². The Morgan fingerprint density at radius 1 is 1.55 bits per heavy atom. The third-order valence-corrected chi connectivity index (χ3v) is 4.63. The zero-order chi connectivity index (χ0) is 15.7. The van der Waals surface area contributed by atoms with Gasteiger partial charge in [0.25, 0.3) is 5.91 Å². The third-order valence-electron chi connectivity index (χ3n) is 3.51. The van der Waals surface area contributed by atoms with Crippen molar-refractivity contribution in [3.8, 4) is 0 Å². The van der Waals surface area contributed by atoms with Crippen molar-refractivity contribution in [3.63, 3.8) is 0 Å². The molecule has 1 amide bonds. The molecule has 0 aliphatic rings. The summed E-state index contributed by atoms with van der Waals surface area (Å²) in [5.74, 6) is -0.271. The van der Waals surface area contributed by atoms with Crippen molar-refractivity contribution < 1.29 is 9.90 Å². The summed E-state index contributed by atoms with van der Waals surface area (Å²) in [5, 5.41) is 22.7. The van der Waals surface area contributed by atoms with Crippen LogP contribution in [0.4, 0.5) is 0 Å². The average molecular weight is 316 g/mol. The van der Waals surface area contributed by atoms with Gasteiger partial charge in [-0.05, 0) is 31.4 Å². The number of pyridine rings is 1. The van der Waals surface area contributed by atoms with Crippen LogP contribution in [0.15, 0.2) is 29.8 Å². The molecular weight excluding hydrogens is 300 g/mol. The molecule has 3 N–H and O–H groups in total. The molecule has 3 aromatic rings. The number of rotatable bonds is 4. The van der Waals surface area contributed by atoms with Crippen LogP contribution in [0.25, 0.3) is 11.0 Å². The first-order valence-electron chi connectivity index (χ1n) is 6.83. The second-order valence-corrected chi connectivity index (χ2v) is 6.33. The summed E-state index contributed by atoms with van der Waals surface area (Å²) in [5.41, 5.74) is 0.800. The van der Waals surface area contributed by atoms with E-state index < -0.39 is 5.60 Å². The van der Waals surface area contributed by atoms with Crippen LogP contribution in [-0.4, -0.2) is 32.7 Å². The second kappa shape index (κ2) is 5.51. The summed E-state index contributed by atoms with van der Waals surface area (Å²) < 4.78 is 0. The third kappa shape index (κ3) is 2.72. The molecule has 0 bridgehead atoms. The highest BCUT2D eigenvalue weighted by atomic mass is 32.1. The molecule has 0 radical (unpaired) electrons. The molecule has 0 spiro atoms. The van der Waals surface area contributed by atoms with Crippen LogP contribution in [-0.2, 0) is 5.60 Å². The fourth-order valence-electron chi connectivity index (χ4n) is 2.17. The Bertz CT molecular complexity index is 808. The monoisotopic (exact) mass is 316 g/mol. The van der Waals surface area contributed by atoms with E-state index in [2.05, 4.69) is 20.5 Å². The van der Waals surface area contributed by atoms with Gasteiger partial charge in [0.1, 0.15) is 5.60 Å². The van der Waals surface area contributed by atoms with Crippen molar-refractivity contribution in [1.82, 2.24) is 20.5 Å². The number of aromatic nitrogens is 3. The number of nitrogens with zero attached hydrogens (tertiary/aromatic N) is 2. The molecule has 0 fully saturated rings. The first kappa shape index (κ1) is 14.7. The molecule has 1 unspecified atom stereocenters. The predicted octanol–water partition coefficient (Wildman–Crippen LogP) is 1.97. The van der Waals surface area contributed by atoms with Crippen molar-refractivity contribution in [1.29, 1.82) is 0 Å². The molecule has 0 aromatic carbocycles. The maximum atomic E-state index is 12.2. The van der Waals surface area contributed by atoms with Crippen molar-refractivity contribution >= 4 is 28.3 Å². The Kier molecular flexibility index (Phi) is 3.67. The maximum Gasteiger partial charge on any atom is 0.252 e. The normalized spacial score (nSPS) is 14.0. The lowest BCUT2D eigenvalue weighted by atomic mass is 10.1. The van der Waals surface area contributed by atoms with E-state index in [0.717, 1.165) is 16.0 Å². The van der Waals surface area contributed by atoms with Crippen LogP contribution >= 0.6 is 11.3 Å². The number of aromatic amines is 1. The fraction of sp³-hybridized carbons (Fsp3) is 0.267. The zero-order valence-corrected chi connectivity index (χ0v) is 13.1. The molecule has 7 heteroatoms. The summed E-state index contributed by atoms with van der Waals surface area (Å²) in [6.07, 6.45) is 1.48. The highest BCUT2D eigenvalue weighted by molar-refractivity contribution is 7.10. The number of carbonyl (C=O) groups is 1. The van der Waals surface area contributed by atoms with Crippen LogP contribution in [0.3, 0.4) is 0 Å². The van der Waals surface area contributed by atoms with E-state index in [-0.39, 0.29) is 12.5 Å². The number of hydrogen-bond acceptors (Lipinski definition) is 5. The maximum absolute atomic E-state index is 12.2. The Morgan fingerprint density at radius 2 is 2.36 bits per heavy atom. The van der Waals surface area contributed by atoms with Gasteiger partial charge in [0.15, 0.2) is 5.65 Å². The number of nitrogens with one attached hydrogen (secondary N) is 2. The van der Waals surface area contributed by atoms with Gasteiger partial charge in [-0.25, -0.2) is 4.98 Å². The lowest BCUT2D eigenvalue weighted by Crippen LogP contribution is -2.38. The number of aryl methyl sites for hydroxylation is 1. The van der Waals surface area contributed by atoms with Gasteiger partial charge in [0.2, 0.25) is 0 Å². The quantitative estimate of drug-likeness (QED) is 0.686. The molecule has 22 heavy (non-hydrogen) atoms. The van der Waals surface area contributed by atoms with Gasteiger partial charge in [-0.1, -0.05) is 6.07 Å². The van der Waals surface area contributed by atoms with Gasteiger partial charge in [-0.2, -0.15) is 5.10 Å². The molecule has 6 nitrogen and oxygen atoms in total. The Hall–Kier alpha value is -2.25. The van der Waals surface area contributed by atoms with E-state index in [0.29, 0.717) is 11.2 Å². The summed E-state index contributed by atoms with van der Waals surface area (Å²) in [7, 11) is 0. The highest BCUT2D eigenvalue weighted by Gasteiger charge is 2.25. The molecule has 3 rings (SSSR count). The zero-order valence-electron chi connectivity index (χ0n) is 12.3. The van der Waals surface area contributed by atoms with E-state index in [9.17, 15) is 9.90 Å². The topological polar surface area (TPSA) is 90.9 Å². The van der Waals surface area contributed by atoms with E-state index in [1.807, 2.05) is 24.4 Å². The Labute approximate surface area is 131 Å². The standard InChI is InChI=1S/C15H16N4O2S/c1-9-11-6-10(7-16-13(11)19-18-9)14(20)17-8-15(2,21)12-4-3-5-22-12/h3-7,21H,8H2,1-2H3,(H,17,20)(H,16,18,19). The lowest BCUT2D eigenvalue weighted by molar-refractivity contribution is 0.0556. The largest absolute Gasteiger partial charge is 0.383 e. The number of amides is 1. The summed E-state index contributed by atoms with van der Waals surface area (Å²) >= 11 is 1.46. The van der Waals surface area contributed by atoms with Gasteiger partial charge < -0.3 is 10.4 Å². The highest BCUT2D eigenvalue weighted by Crippen LogP contribution is 2.24. The predicted molar refractivity (Wildman–Crippen MR) is 84.8 cm³/mol. The minimum Gasteiger partial charge on any atom is -0.383 e. The fourth-order valence-corrected chi connectivity index (χ4v) is 2.96. The summed E-state index contributed by atoms with van der Waals surface area (Å²) in [4.78, 5) is 17.2. The second-order valence-electron chi connectivity index (χ2n) is 5.38. The van der Waals surface area contributed by atoms with E-state index >= 15 is 0 Å². The minimum atomic E-state index is -1.09. The number of carbonyl (C=O) groups excluding carboxylic acids is 1. The number of fused-ring (bicyclic) bond motifs is 1. The van der Waals surface area contributed by atoms with Crippen molar-refractivity contribution in [2.45, 2.75) is 19.4 Å². The molecule has 0 aliphatic heterocycles. The molecule has 3 heterocycles. The number of thiophene rings is 1. The molecular formula is C15H16N4O2S. The van der Waals surface area contributed by atoms with Gasteiger partial charge in [0, 0.05) is 22.2 Å². The van der Waals surface area contributed by atoms with Gasteiger partial charge in [0.05, 0.1) is 12.1 Å². The van der Waals surface area contributed by atoms with Crippen molar-refractivity contribution in [2.75, 3.05) is 6.54 Å². The summed E-state index contributed by atoms with van der Waals surface area (Å²) in [6, 6.07) is 5.46. The molecule has 0 saturated heterocycles. The van der Waals surface area contributed by atoms with Gasteiger partial charge in [-0.3, -0.25) is 9.89 Å². The Morgan fingerprint density at radius 3 is 3.09 bits per heavy atom. The number of aliphatic hydroxyl groups is 1. The minimum absolute atomic E-state index is 0.134. The molecule has 0 saturated carbocycles. The van der Waals surface area contributed by atoms with E-state index in [1.165, 1.54) is 17.5 Å².